The third kappa shape index (κ3) is 10.3. The molecule has 0 aliphatic carbocycles. The van der Waals surface area contributed by atoms with E-state index in [0.717, 1.165) is 18.7 Å². The summed E-state index contributed by atoms with van der Waals surface area (Å²) in [6, 6.07) is 0. The van der Waals surface area contributed by atoms with Crippen molar-refractivity contribution < 1.29 is 9.90 Å². The van der Waals surface area contributed by atoms with E-state index in [9.17, 15) is 4.79 Å². The molecule has 1 aliphatic heterocycles. The maximum Gasteiger partial charge on any atom is 0.209 e. The van der Waals surface area contributed by atoms with Gasteiger partial charge in [0.15, 0.2) is 0 Å². The molecule has 1 unspecified atom stereocenters. The standard InChI is InChI=1S/C7H16.C5H9NO2.C2H6/c1-6(2)7(3,4)5;7-4-6-2-1-5(8)3-6;1-2/h6H,1-5H3;4-5,8H,1-3H2;1-2H3. The molecule has 1 rings (SSSR count). The minimum atomic E-state index is -0.278. The van der Waals surface area contributed by atoms with Crippen molar-refractivity contribution in [3.8, 4) is 0 Å². The molecule has 1 aliphatic rings. The Labute approximate surface area is 107 Å². The van der Waals surface area contributed by atoms with Crippen molar-refractivity contribution >= 4 is 6.41 Å². The van der Waals surface area contributed by atoms with Crippen LogP contribution in [0, 0.1) is 11.3 Å². The molecule has 0 aromatic carbocycles. The van der Waals surface area contributed by atoms with Crippen LogP contribution >= 0.6 is 0 Å². The third-order valence-electron chi connectivity index (χ3n) is 3.08. The Kier molecular flexibility index (Phi) is 10.5. The van der Waals surface area contributed by atoms with Crippen molar-refractivity contribution in [3.63, 3.8) is 0 Å². The molecular weight excluding hydrogens is 214 g/mol. The summed E-state index contributed by atoms with van der Waals surface area (Å²) in [6.45, 7) is 16.5. The Morgan fingerprint density at radius 3 is 1.82 bits per heavy atom. The maximum atomic E-state index is 9.97. The highest BCUT2D eigenvalue weighted by Crippen LogP contribution is 2.23. The quantitative estimate of drug-likeness (QED) is 0.722. The van der Waals surface area contributed by atoms with Gasteiger partial charge < -0.3 is 10.0 Å². The van der Waals surface area contributed by atoms with Crippen LogP contribution in [-0.2, 0) is 4.79 Å². The van der Waals surface area contributed by atoms with Crippen molar-refractivity contribution in [1.29, 1.82) is 0 Å². The normalized spacial score (nSPS) is 19.1. The summed E-state index contributed by atoms with van der Waals surface area (Å²) in [6.07, 6.45) is 1.23. The molecule has 1 fully saturated rings. The van der Waals surface area contributed by atoms with Crippen molar-refractivity contribution in [1.82, 2.24) is 4.90 Å². The van der Waals surface area contributed by atoms with Crippen molar-refractivity contribution in [2.45, 2.75) is 61.0 Å². The molecule has 0 aromatic heterocycles. The van der Waals surface area contributed by atoms with E-state index in [0.29, 0.717) is 18.5 Å². The maximum absolute atomic E-state index is 9.97. The van der Waals surface area contributed by atoms with E-state index in [1.54, 1.807) is 4.90 Å². The summed E-state index contributed by atoms with van der Waals surface area (Å²) in [4.78, 5) is 11.5. The zero-order chi connectivity index (χ0) is 14.1. The van der Waals surface area contributed by atoms with Crippen molar-refractivity contribution in [3.05, 3.63) is 0 Å². The summed E-state index contributed by atoms with van der Waals surface area (Å²) in [5.74, 6) is 0.799. The number of aliphatic hydroxyl groups excluding tert-OH is 1. The minimum absolute atomic E-state index is 0.278. The molecule has 1 amide bonds. The summed E-state index contributed by atoms with van der Waals surface area (Å²) >= 11 is 0. The molecule has 1 N–H and O–H groups in total. The molecule has 17 heavy (non-hydrogen) atoms. The summed E-state index contributed by atoms with van der Waals surface area (Å²) in [5.41, 5.74) is 0.500. The lowest BCUT2D eigenvalue weighted by Crippen LogP contribution is -2.19. The zero-order valence-electron chi connectivity index (χ0n) is 12.7. The van der Waals surface area contributed by atoms with Gasteiger partial charge in [0, 0.05) is 13.1 Å². The average Bonchev–Trinajstić information content (AvgIpc) is 2.67. The van der Waals surface area contributed by atoms with Gasteiger partial charge in [0.2, 0.25) is 6.41 Å². The van der Waals surface area contributed by atoms with E-state index in [2.05, 4.69) is 34.6 Å². The second-order valence-corrected chi connectivity index (χ2v) is 5.56. The van der Waals surface area contributed by atoms with Crippen molar-refractivity contribution in [2.75, 3.05) is 13.1 Å². The van der Waals surface area contributed by atoms with Gasteiger partial charge in [-0.25, -0.2) is 0 Å². The molecule has 104 valence electrons. The van der Waals surface area contributed by atoms with Gasteiger partial charge in [-0.1, -0.05) is 48.5 Å². The van der Waals surface area contributed by atoms with E-state index >= 15 is 0 Å². The lowest BCUT2D eigenvalue weighted by molar-refractivity contribution is -0.117. The predicted molar refractivity (Wildman–Crippen MR) is 73.9 cm³/mol. The molecule has 3 heteroatoms. The molecule has 0 saturated carbocycles. The van der Waals surface area contributed by atoms with Crippen LogP contribution in [-0.4, -0.2) is 35.6 Å². The summed E-state index contributed by atoms with van der Waals surface area (Å²) in [7, 11) is 0. The number of β-amino-alcohol motifs (C(OH)–C–C–N with tert-alkyl or cyclic N) is 1. The first kappa shape index (κ1) is 18.8. The summed E-state index contributed by atoms with van der Waals surface area (Å²) in [5, 5.41) is 8.83. The number of carbonyl (C=O) groups excluding carboxylic acids is 1. The molecule has 3 nitrogen and oxygen atoms in total. The Hall–Kier alpha value is -0.570. The van der Waals surface area contributed by atoms with Crippen LogP contribution in [0.1, 0.15) is 54.9 Å². The number of amides is 1. The second-order valence-electron chi connectivity index (χ2n) is 5.56. The van der Waals surface area contributed by atoms with E-state index in [1.165, 1.54) is 0 Å². The first-order valence-corrected chi connectivity index (χ1v) is 6.64. The fourth-order valence-corrected chi connectivity index (χ4v) is 0.864. The molecule has 1 saturated heterocycles. The fraction of sp³-hybridized carbons (Fsp3) is 0.929. The first-order chi connectivity index (χ1) is 7.77. The van der Waals surface area contributed by atoms with E-state index in [1.807, 2.05) is 13.8 Å². The minimum Gasteiger partial charge on any atom is -0.391 e. The highest BCUT2D eigenvalue weighted by Gasteiger charge is 2.17. The number of carbonyl (C=O) groups is 1. The van der Waals surface area contributed by atoms with E-state index < -0.39 is 0 Å². The number of likely N-dealkylation sites (tertiary alicyclic amines) is 1. The van der Waals surface area contributed by atoms with Gasteiger partial charge in [-0.3, -0.25) is 4.79 Å². The van der Waals surface area contributed by atoms with E-state index in [-0.39, 0.29) is 6.10 Å². The van der Waals surface area contributed by atoms with Crippen LogP contribution in [0.5, 0.6) is 0 Å². The zero-order valence-corrected chi connectivity index (χ0v) is 12.7. The largest absolute Gasteiger partial charge is 0.391 e. The van der Waals surface area contributed by atoms with Gasteiger partial charge in [0.25, 0.3) is 0 Å². The van der Waals surface area contributed by atoms with Crippen LogP contribution in [0.15, 0.2) is 0 Å². The molecular formula is C14H31NO2. The number of hydrogen-bond donors (Lipinski definition) is 1. The SMILES string of the molecule is CC.CC(C)C(C)(C)C.O=CN1CCC(O)C1. The average molecular weight is 245 g/mol. The topological polar surface area (TPSA) is 40.5 Å². The molecule has 0 bridgehead atoms. The summed E-state index contributed by atoms with van der Waals surface area (Å²) < 4.78 is 0. The highest BCUT2D eigenvalue weighted by molar-refractivity contribution is 5.47. The Bertz CT molecular complexity index is 185. The smallest absolute Gasteiger partial charge is 0.209 e. The number of hydrogen-bond acceptors (Lipinski definition) is 2. The lowest BCUT2D eigenvalue weighted by atomic mass is 9.84. The molecule has 0 spiro atoms. The van der Waals surface area contributed by atoms with Crippen LogP contribution in [0.25, 0.3) is 0 Å². The van der Waals surface area contributed by atoms with Gasteiger partial charge in [-0.05, 0) is 17.8 Å². The highest BCUT2D eigenvalue weighted by atomic mass is 16.3. The monoisotopic (exact) mass is 245 g/mol. The lowest BCUT2D eigenvalue weighted by Gasteiger charge is -2.22. The van der Waals surface area contributed by atoms with Gasteiger partial charge in [-0.15, -0.1) is 0 Å². The molecule has 1 heterocycles. The van der Waals surface area contributed by atoms with Crippen molar-refractivity contribution in [2.24, 2.45) is 11.3 Å². The van der Waals surface area contributed by atoms with Gasteiger partial charge in [0.05, 0.1) is 6.10 Å². The van der Waals surface area contributed by atoms with Gasteiger partial charge in [0.1, 0.15) is 0 Å². The number of aliphatic hydroxyl groups is 1. The Morgan fingerprint density at radius 1 is 1.29 bits per heavy atom. The fourth-order valence-electron chi connectivity index (χ4n) is 0.864. The Balaban J connectivity index is 0. The third-order valence-corrected chi connectivity index (χ3v) is 3.08. The van der Waals surface area contributed by atoms with Crippen LogP contribution in [0.2, 0.25) is 0 Å². The van der Waals surface area contributed by atoms with Crippen LogP contribution < -0.4 is 0 Å². The van der Waals surface area contributed by atoms with Gasteiger partial charge in [-0.2, -0.15) is 0 Å². The molecule has 1 atom stereocenters. The molecule has 0 radical (unpaired) electrons. The number of nitrogens with zero attached hydrogens (tertiary/aromatic N) is 1. The number of rotatable bonds is 1. The first-order valence-electron chi connectivity index (χ1n) is 6.64. The van der Waals surface area contributed by atoms with Crippen LogP contribution in [0.4, 0.5) is 0 Å². The molecule has 0 aromatic rings. The second kappa shape index (κ2) is 9.46. The predicted octanol–water partition coefficient (Wildman–Crippen LogP) is 2.92. The van der Waals surface area contributed by atoms with Crippen LogP contribution in [0.3, 0.4) is 0 Å². The van der Waals surface area contributed by atoms with Gasteiger partial charge >= 0.3 is 0 Å². The van der Waals surface area contributed by atoms with E-state index in [4.69, 9.17) is 5.11 Å². The Morgan fingerprint density at radius 2 is 1.71 bits per heavy atom.